The molecule has 0 amide bonds. The van der Waals surface area contributed by atoms with E-state index in [1.807, 2.05) is 36.4 Å². The van der Waals surface area contributed by atoms with Crippen LogP contribution in [0, 0.1) is 5.82 Å². The summed E-state index contributed by atoms with van der Waals surface area (Å²) in [6, 6.07) is 17.3. The molecule has 0 aliphatic rings. The molecule has 0 spiro atoms. The molecule has 4 rings (SSSR count). The molecule has 0 bridgehead atoms. The first kappa shape index (κ1) is 15.6. The van der Waals surface area contributed by atoms with Crippen molar-refractivity contribution in [2.45, 2.75) is 6.61 Å². The van der Waals surface area contributed by atoms with E-state index in [-0.39, 0.29) is 5.82 Å². The van der Waals surface area contributed by atoms with Crippen molar-refractivity contribution in [3.8, 4) is 17.1 Å². The standard InChI is InChI=1S/C19H13ClFN3O/c20-15-5-1-3-13(9-15)12-25-19-8-7-18-22-11-17(24(18)23-19)14-4-2-6-16(21)10-14/h1-11H,12H2. The van der Waals surface area contributed by atoms with E-state index in [0.717, 1.165) is 5.56 Å². The molecule has 6 heteroatoms. The van der Waals surface area contributed by atoms with Crippen LogP contribution >= 0.6 is 11.6 Å². The summed E-state index contributed by atoms with van der Waals surface area (Å²) in [7, 11) is 0. The Bertz CT molecular complexity index is 1050. The summed E-state index contributed by atoms with van der Waals surface area (Å²) in [5.41, 5.74) is 3.01. The second-order valence-corrected chi connectivity index (χ2v) is 5.95. The zero-order chi connectivity index (χ0) is 17.2. The molecule has 0 aliphatic heterocycles. The van der Waals surface area contributed by atoms with Gasteiger partial charge in [0.15, 0.2) is 5.65 Å². The third-order valence-corrected chi connectivity index (χ3v) is 3.97. The van der Waals surface area contributed by atoms with Gasteiger partial charge in [-0.3, -0.25) is 0 Å². The molecule has 0 fully saturated rings. The van der Waals surface area contributed by atoms with Crippen molar-refractivity contribution in [1.82, 2.24) is 14.6 Å². The molecule has 0 atom stereocenters. The minimum atomic E-state index is -0.305. The third kappa shape index (κ3) is 3.32. The Kier molecular flexibility index (Phi) is 4.07. The lowest BCUT2D eigenvalue weighted by atomic mass is 10.2. The fourth-order valence-electron chi connectivity index (χ4n) is 2.56. The lowest BCUT2D eigenvalue weighted by Crippen LogP contribution is -2.01. The first-order valence-electron chi connectivity index (χ1n) is 7.67. The van der Waals surface area contributed by atoms with Crippen molar-refractivity contribution in [3.63, 3.8) is 0 Å². The Labute approximate surface area is 148 Å². The van der Waals surface area contributed by atoms with Gasteiger partial charge in [0.2, 0.25) is 5.88 Å². The number of rotatable bonds is 4. The number of nitrogens with zero attached hydrogens (tertiary/aromatic N) is 3. The monoisotopic (exact) mass is 353 g/mol. The van der Waals surface area contributed by atoms with Crippen LogP contribution in [0.15, 0.2) is 66.9 Å². The Morgan fingerprint density at radius 3 is 2.76 bits per heavy atom. The Morgan fingerprint density at radius 2 is 1.92 bits per heavy atom. The van der Waals surface area contributed by atoms with E-state index in [1.54, 1.807) is 22.8 Å². The van der Waals surface area contributed by atoms with Crippen LogP contribution in [0.25, 0.3) is 16.9 Å². The SMILES string of the molecule is Fc1cccc(-c2cnc3ccc(OCc4cccc(Cl)c4)nn23)c1. The van der Waals surface area contributed by atoms with Crippen molar-refractivity contribution in [1.29, 1.82) is 0 Å². The molecule has 0 N–H and O–H groups in total. The first-order chi connectivity index (χ1) is 12.2. The molecule has 2 aromatic carbocycles. The molecule has 124 valence electrons. The number of halogens is 2. The smallest absolute Gasteiger partial charge is 0.232 e. The maximum Gasteiger partial charge on any atom is 0.232 e. The summed E-state index contributed by atoms with van der Waals surface area (Å²) < 4.78 is 20.9. The van der Waals surface area contributed by atoms with Gasteiger partial charge in [-0.1, -0.05) is 35.9 Å². The van der Waals surface area contributed by atoms with Gasteiger partial charge in [0, 0.05) is 16.7 Å². The number of ether oxygens (including phenoxy) is 1. The fraction of sp³-hybridized carbons (Fsp3) is 0.0526. The molecule has 0 unspecified atom stereocenters. The number of hydrogen-bond donors (Lipinski definition) is 0. The van der Waals surface area contributed by atoms with Crippen molar-refractivity contribution >= 4 is 17.2 Å². The first-order valence-corrected chi connectivity index (χ1v) is 8.05. The summed E-state index contributed by atoms with van der Waals surface area (Å²) in [4.78, 5) is 4.30. The summed E-state index contributed by atoms with van der Waals surface area (Å²) in [5.74, 6) is 0.143. The Hall–Kier alpha value is -2.92. The molecule has 25 heavy (non-hydrogen) atoms. The number of aromatic nitrogens is 3. The molecule has 0 saturated carbocycles. The van der Waals surface area contributed by atoms with Gasteiger partial charge in [-0.15, -0.1) is 5.10 Å². The van der Waals surface area contributed by atoms with Gasteiger partial charge in [-0.2, -0.15) is 0 Å². The molecule has 2 heterocycles. The average Bonchev–Trinajstić information content (AvgIpc) is 3.03. The van der Waals surface area contributed by atoms with Crippen LogP contribution in [0.1, 0.15) is 5.56 Å². The van der Waals surface area contributed by atoms with Crippen molar-refractivity contribution in [3.05, 3.63) is 83.3 Å². The molecule has 0 saturated heterocycles. The topological polar surface area (TPSA) is 39.4 Å². The highest BCUT2D eigenvalue weighted by atomic mass is 35.5. The second-order valence-electron chi connectivity index (χ2n) is 5.51. The number of imidazole rings is 1. The van der Waals surface area contributed by atoms with E-state index in [2.05, 4.69) is 10.1 Å². The molecule has 4 nitrogen and oxygen atoms in total. The van der Waals surface area contributed by atoms with Gasteiger partial charge in [-0.05, 0) is 35.9 Å². The van der Waals surface area contributed by atoms with Crippen LogP contribution in [0.4, 0.5) is 4.39 Å². The molecule has 2 aromatic heterocycles. The van der Waals surface area contributed by atoms with E-state index in [0.29, 0.717) is 34.4 Å². The van der Waals surface area contributed by atoms with Gasteiger partial charge in [0.25, 0.3) is 0 Å². The number of hydrogen-bond acceptors (Lipinski definition) is 3. The summed E-state index contributed by atoms with van der Waals surface area (Å²) in [5, 5.41) is 5.11. The predicted molar refractivity (Wildman–Crippen MR) is 94.2 cm³/mol. The Morgan fingerprint density at radius 1 is 1.04 bits per heavy atom. The van der Waals surface area contributed by atoms with Crippen LogP contribution in [0.2, 0.25) is 5.02 Å². The number of fused-ring (bicyclic) bond motifs is 1. The second kappa shape index (κ2) is 6.53. The minimum absolute atomic E-state index is 0.305. The van der Waals surface area contributed by atoms with Crippen LogP contribution < -0.4 is 4.74 Å². The van der Waals surface area contributed by atoms with Crippen molar-refractivity contribution < 1.29 is 9.13 Å². The predicted octanol–water partition coefficient (Wildman–Crippen LogP) is 4.77. The molecule has 0 aliphatic carbocycles. The van der Waals surface area contributed by atoms with Crippen molar-refractivity contribution in [2.75, 3.05) is 0 Å². The van der Waals surface area contributed by atoms with Gasteiger partial charge < -0.3 is 4.74 Å². The van der Waals surface area contributed by atoms with Gasteiger partial charge in [0.1, 0.15) is 12.4 Å². The van der Waals surface area contributed by atoms with Gasteiger partial charge in [0.05, 0.1) is 11.9 Å². The zero-order valence-corrected chi connectivity index (χ0v) is 13.8. The van der Waals surface area contributed by atoms with E-state index < -0.39 is 0 Å². The normalized spacial score (nSPS) is 11.0. The molecule has 4 aromatic rings. The maximum atomic E-state index is 13.5. The van der Waals surface area contributed by atoms with Crippen LogP contribution in [0.5, 0.6) is 5.88 Å². The van der Waals surface area contributed by atoms with E-state index in [4.69, 9.17) is 16.3 Å². The van der Waals surface area contributed by atoms with Gasteiger partial charge >= 0.3 is 0 Å². The lowest BCUT2D eigenvalue weighted by Gasteiger charge is -2.07. The summed E-state index contributed by atoms with van der Waals surface area (Å²) in [6.07, 6.45) is 1.66. The van der Waals surface area contributed by atoms with E-state index >= 15 is 0 Å². The van der Waals surface area contributed by atoms with Gasteiger partial charge in [-0.25, -0.2) is 13.9 Å². The highest BCUT2D eigenvalue weighted by Crippen LogP contribution is 2.22. The van der Waals surface area contributed by atoms with Crippen LogP contribution in [0.3, 0.4) is 0 Å². The molecular formula is C19H13ClFN3O. The molecular weight excluding hydrogens is 341 g/mol. The summed E-state index contributed by atoms with van der Waals surface area (Å²) >= 11 is 5.98. The Balaban J connectivity index is 1.64. The molecule has 0 radical (unpaired) electrons. The zero-order valence-electron chi connectivity index (χ0n) is 13.1. The highest BCUT2D eigenvalue weighted by molar-refractivity contribution is 6.30. The average molecular weight is 354 g/mol. The quantitative estimate of drug-likeness (QED) is 0.530. The van der Waals surface area contributed by atoms with Crippen LogP contribution in [-0.4, -0.2) is 14.6 Å². The van der Waals surface area contributed by atoms with Crippen LogP contribution in [-0.2, 0) is 6.61 Å². The van der Waals surface area contributed by atoms with E-state index in [1.165, 1.54) is 12.1 Å². The lowest BCUT2D eigenvalue weighted by molar-refractivity contribution is 0.289. The maximum absolute atomic E-state index is 13.5. The third-order valence-electron chi connectivity index (χ3n) is 3.73. The van der Waals surface area contributed by atoms with Crippen molar-refractivity contribution in [2.24, 2.45) is 0 Å². The number of benzene rings is 2. The fourth-order valence-corrected chi connectivity index (χ4v) is 2.78. The minimum Gasteiger partial charge on any atom is -0.472 e. The van der Waals surface area contributed by atoms with E-state index in [9.17, 15) is 4.39 Å². The highest BCUT2D eigenvalue weighted by Gasteiger charge is 2.09. The largest absolute Gasteiger partial charge is 0.472 e. The summed E-state index contributed by atoms with van der Waals surface area (Å²) in [6.45, 7) is 0.350.